The van der Waals surface area contributed by atoms with Gasteiger partial charge in [0.15, 0.2) is 5.82 Å². The lowest BCUT2D eigenvalue weighted by Gasteiger charge is -2.32. The standard InChI is InChI=1S/C27H33N7O/c1-19-11-14-33(15-12-19)26-16-24(28-18-29-26)30-27(35)21-7-5-13-34(17-21)25-10-9-23(31-32-25)22-8-4-3-6-20(22)2/h3-4,6,8-10,16,18-19,21H,5,7,11-15,17H2,1-2H3,(H,28,29,30,35). The molecule has 1 aromatic carbocycles. The van der Waals surface area contributed by atoms with E-state index in [1.165, 1.54) is 18.4 Å². The van der Waals surface area contributed by atoms with Crippen molar-refractivity contribution in [3.05, 3.63) is 54.4 Å². The average Bonchev–Trinajstić information content (AvgIpc) is 2.90. The van der Waals surface area contributed by atoms with Gasteiger partial charge in [0.1, 0.15) is 18.0 Å². The molecule has 1 atom stereocenters. The van der Waals surface area contributed by atoms with Crippen molar-refractivity contribution in [2.45, 2.75) is 39.5 Å². The smallest absolute Gasteiger partial charge is 0.230 e. The van der Waals surface area contributed by atoms with Crippen LogP contribution >= 0.6 is 0 Å². The van der Waals surface area contributed by atoms with Crippen LogP contribution in [0.25, 0.3) is 11.3 Å². The highest BCUT2D eigenvalue weighted by Gasteiger charge is 2.27. The summed E-state index contributed by atoms with van der Waals surface area (Å²) in [5.41, 5.74) is 3.12. The SMILES string of the molecule is Cc1ccccc1-c1ccc(N2CCCC(C(=O)Nc3cc(N4CCC(C)CC4)ncn3)C2)nn1. The summed E-state index contributed by atoms with van der Waals surface area (Å²) in [5, 5.41) is 12.0. The second-order valence-corrected chi connectivity index (χ2v) is 9.80. The minimum Gasteiger partial charge on any atom is -0.356 e. The summed E-state index contributed by atoms with van der Waals surface area (Å²) in [4.78, 5) is 26.3. The van der Waals surface area contributed by atoms with Gasteiger partial charge in [-0.25, -0.2) is 9.97 Å². The number of nitrogens with one attached hydrogen (secondary N) is 1. The Kier molecular flexibility index (Phi) is 6.88. The van der Waals surface area contributed by atoms with Crippen LogP contribution in [0.15, 0.2) is 48.8 Å². The molecule has 0 radical (unpaired) electrons. The summed E-state index contributed by atoms with van der Waals surface area (Å²) in [6.07, 6.45) is 5.65. The maximum atomic E-state index is 13.1. The molecular weight excluding hydrogens is 438 g/mol. The highest BCUT2D eigenvalue weighted by molar-refractivity contribution is 5.92. The molecule has 0 aliphatic carbocycles. The zero-order valence-corrected chi connectivity index (χ0v) is 20.5. The van der Waals surface area contributed by atoms with Gasteiger partial charge in [-0.15, -0.1) is 10.2 Å². The van der Waals surface area contributed by atoms with Gasteiger partial charge in [0.05, 0.1) is 11.6 Å². The molecule has 4 heterocycles. The molecular formula is C27H33N7O. The van der Waals surface area contributed by atoms with Gasteiger partial charge in [-0.1, -0.05) is 31.2 Å². The van der Waals surface area contributed by atoms with Gasteiger partial charge >= 0.3 is 0 Å². The number of carbonyl (C=O) groups excluding carboxylic acids is 1. The number of aryl methyl sites for hydroxylation is 1. The molecule has 3 aromatic rings. The molecule has 2 aromatic heterocycles. The van der Waals surface area contributed by atoms with E-state index in [9.17, 15) is 4.79 Å². The van der Waals surface area contributed by atoms with E-state index in [1.54, 1.807) is 6.33 Å². The van der Waals surface area contributed by atoms with Crippen LogP contribution < -0.4 is 15.1 Å². The molecule has 0 spiro atoms. The van der Waals surface area contributed by atoms with Crippen LogP contribution in [0.2, 0.25) is 0 Å². The summed E-state index contributed by atoms with van der Waals surface area (Å²) in [6, 6.07) is 14.1. The molecule has 1 amide bonds. The Labute approximate surface area is 206 Å². The first-order chi connectivity index (χ1) is 17.1. The lowest BCUT2D eigenvalue weighted by Crippen LogP contribution is -2.41. The number of aromatic nitrogens is 4. The Bertz CT molecular complexity index is 1160. The van der Waals surface area contributed by atoms with E-state index in [2.05, 4.69) is 61.3 Å². The lowest BCUT2D eigenvalue weighted by molar-refractivity contribution is -0.120. The van der Waals surface area contributed by atoms with E-state index < -0.39 is 0 Å². The van der Waals surface area contributed by atoms with Crippen LogP contribution in [0.1, 0.15) is 38.2 Å². The number of hydrogen-bond acceptors (Lipinski definition) is 7. The molecule has 2 aliphatic rings. The van der Waals surface area contributed by atoms with E-state index in [1.807, 2.05) is 30.3 Å². The van der Waals surface area contributed by atoms with E-state index in [4.69, 9.17) is 0 Å². The Morgan fingerprint density at radius 3 is 2.54 bits per heavy atom. The number of hydrogen-bond donors (Lipinski definition) is 1. The first-order valence-electron chi connectivity index (χ1n) is 12.6. The molecule has 5 rings (SSSR count). The number of benzene rings is 1. The minimum absolute atomic E-state index is 0.00361. The lowest BCUT2D eigenvalue weighted by atomic mass is 9.97. The normalized spacial score (nSPS) is 19.0. The van der Waals surface area contributed by atoms with E-state index >= 15 is 0 Å². The van der Waals surface area contributed by atoms with Crippen LogP contribution in [0.5, 0.6) is 0 Å². The maximum absolute atomic E-state index is 13.1. The molecule has 8 nitrogen and oxygen atoms in total. The van der Waals surface area contributed by atoms with Crippen LogP contribution in [0.4, 0.5) is 17.5 Å². The van der Waals surface area contributed by atoms with Crippen molar-refractivity contribution in [2.75, 3.05) is 41.3 Å². The van der Waals surface area contributed by atoms with Crippen molar-refractivity contribution in [2.24, 2.45) is 11.8 Å². The Morgan fingerprint density at radius 1 is 0.943 bits per heavy atom. The molecule has 0 bridgehead atoms. The second-order valence-electron chi connectivity index (χ2n) is 9.80. The van der Waals surface area contributed by atoms with Crippen molar-refractivity contribution in [3.63, 3.8) is 0 Å². The highest BCUT2D eigenvalue weighted by atomic mass is 16.2. The van der Waals surface area contributed by atoms with Crippen molar-refractivity contribution >= 4 is 23.4 Å². The maximum Gasteiger partial charge on any atom is 0.230 e. The fourth-order valence-corrected chi connectivity index (χ4v) is 4.95. The third-order valence-corrected chi connectivity index (χ3v) is 7.20. The van der Waals surface area contributed by atoms with Crippen molar-refractivity contribution in [3.8, 4) is 11.3 Å². The average molecular weight is 472 g/mol. The van der Waals surface area contributed by atoms with Crippen molar-refractivity contribution in [1.29, 1.82) is 0 Å². The number of piperidine rings is 2. The summed E-state index contributed by atoms with van der Waals surface area (Å²) < 4.78 is 0. The molecule has 2 aliphatic heterocycles. The first-order valence-corrected chi connectivity index (χ1v) is 12.6. The van der Waals surface area contributed by atoms with Gasteiger partial charge in [-0.2, -0.15) is 0 Å². The third kappa shape index (κ3) is 5.42. The van der Waals surface area contributed by atoms with Crippen molar-refractivity contribution in [1.82, 2.24) is 20.2 Å². The Balaban J connectivity index is 1.22. The van der Waals surface area contributed by atoms with Crippen LogP contribution in [0.3, 0.4) is 0 Å². The minimum atomic E-state index is -0.129. The predicted molar refractivity (Wildman–Crippen MR) is 138 cm³/mol. The van der Waals surface area contributed by atoms with Gasteiger partial charge < -0.3 is 15.1 Å². The summed E-state index contributed by atoms with van der Waals surface area (Å²) in [5.74, 6) is 2.88. The molecule has 8 heteroatoms. The second kappa shape index (κ2) is 10.4. The predicted octanol–water partition coefficient (Wildman–Crippen LogP) is 4.33. The summed E-state index contributed by atoms with van der Waals surface area (Å²) in [7, 11) is 0. The molecule has 2 saturated heterocycles. The molecule has 1 unspecified atom stereocenters. The van der Waals surface area contributed by atoms with Gasteiger partial charge in [0.25, 0.3) is 0 Å². The third-order valence-electron chi connectivity index (χ3n) is 7.20. The number of amides is 1. The van der Waals surface area contributed by atoms with Gasteiger partial charge in [0, 0.05) is 37.8 Å². The largest absolute Gasteiger partial charge is 0.356 e. The molecule has 2 fully saturated rings. The fraction of sp³-hybridized carbons (Fsp3) is 0.444. The van der Waals surface area contributed by atoms with Crippen LogP contribution in [-0.4, -0.2) is 52.3 Å². The highest BCUT2D eigenvalue weighted by Crippen LogP contribution is 2.26. The number of nitrogens with zero attached hydrogens (tertiary/aromatic N) is 6. The van der Waals surface area contributed by atoms with E-state index in [0.29, 0.717) is 12.4 Å². The first kappa shape index (κ1) is 23.2. The van der Waals surface area contributed by atoms with E-state index in [0.717, 1.165) is 61.3 Å². The van der Waals surface area contributed by atoms with Gasteiger partial charge in [-0.05, 0) is 56.2 Å². The molecule has 1 N–H and O–H groups in total. The molecule has 182 valence electrons. The molecule has 0 saturated carbocycles. The topological polar surface area (TPSA) is 87.1 Å². The Morgan fingerprint density at radius 2 is 1.77 bits per heavy atom. The van der Waals surface area contributed by atoms with Crippen LogP contribution in [-0.2, 0) is 4.79 Å². The summed E-state index contributed by atoms with van der Waals surface area (Å²) in [6.45, 7) is 7.84. The number of rotatable bonds is 5. The van der Waals surface area contributed by atoms with Crippen LogP contribution in [0, 0.1) is 18.8 Å². The summed E-state index contributed by atoms with van der Waals surface area (Å²) >= 11 is 0. The number of carbonyl (C=O) groups is 1. The quantitative estimate of drug-likeness (QED) is 0.592. The Hall–Kier alpha value is -3.55. The number of anilines is 3. The van der Waals surface area contributed by atoms with E-state index in [-0.39, 0.29) is 11.8 Å². The van der Waals surface area contributed by atoms with Gasteiger partial charge in [-0.3, -0.25) is 4.79 Å². The van der Waals surface area contributed by atoms with Gasteiger partial charge in [0.2, 0.25) is 5.91 Å². The zero-order chi connectivity index (χ0) is 24.2. The van der Waals surface area contributed by atoms with Crippen molar-refractivity contribution < 1.29 is 4.79 Å². The fourth-order valence-electron chi connectivity index (χ4n) is 4.95. The monoisotopic (exact) mass is 471 g/mol. The molecule has 35 heavy (non-hydrogen) atoms. The zero-order valence-electron chi connectivity index (χ0n) is 20.5.